The Bertz CT molecular complexity index is 130. The van der Waals surface area contributed by atoms with E-state index >= 15 is 0 Å². The van der Waals surface area contributed by atoms with Gasteiger partial charge in [0, 0.05) is 25.2 Å². The molecule has 66 valence electrons. The highest BCUT2D eigenvalue weighted by molar-refractivity contribution is 7.97. The molecule has 0 aromatic rings. The van der Waals surface area contributed by atoms with Crippen LogP contribution in [0.4, 0.5) is 0 Å². The van der Waals surface area contributed by atoms with Crippen molar-refractivity contribution in [1.29, 1.82) is 0 Å². The molecule has 0 radical (unpaired) electrons. The molecule has 11 heavy (non-hydrogen) atoms. The van der Waals surface area contributed by atoms with Crippen molar-refractivity contribution in [1.82, 2.24) is 9.21 Å². The van der Waals surface area contributed by atoms with Crippen LogP contribution in [0.25, 0.3) is 0 Å². The summed E-state index contributed by atoms with van der Waals surface area (Å²) in [6, 6.07) is 0. The van der Waals surface area contributed by atoms with Gasteiger partial charge < -0.3 is 9.21 Å². The lowest BCUT2D eigenvalue weighted by atomic mass is 10.6. The SMILES string of the molecule is CCCSN1C=CN(C)C1.Cl. The van der Waals surface area contributed by atoms with Crippen LogP contribution in [0.1, 0.15) is 13.3 Å². The summed E-state index contributed by atoms with van der Waals surface area (Å²) in [6.45, 7) is 3.24. The lowest BCUT2D eigenvalue weighted by molar-refractivity contribution is 0.409. The second kappa shape index (κ2) is 5.61. The Morgan fingerprint density at radius 3 is 2.64 bits per heavy atom. The second-order valence-electron chi connectivity index (χ2n) is 2.45. The summed E-state index contributed by atoms with van der Waals surface area (Å²) in [4.78, 5) is 2.17. The summed E-state index contributed by atoms with van der Waals surface area (Å²) >= 11 is 1.89. The van der Waals surface area contributed by atoms with Crippen LogP contribution in [-0.2, 0) is 0 Å². The summed E-state index contributed by atoms with van der Waals surface area (Å²) in [5, 5.41) is 0. The molecule has 0 aromatic carbocycles. The first-order valence-electron chi connectivity index (χ1n) is 3.61. The van der Waals surface area contributed by atoms with Crippen LogP contribution >= 0.6 is 24.4 Å². The molecule has 1 aliphatic heterocycles. The number of hydrogen-bond donors (Lipinski definition) is 0. The lowest BCUT2D eigenvalue weighted by Gasteiger charge is -2.15. The molecule has 0 aromatic heterocycles. The van der Waals surface area contributed by atoms with Crippen molar-refractivity contribution in [2.24, 2.45) is 0 Å². The maximum Gasteiger partial charge on any atom is 0.0996 e. The summed E-state index contributed by atoms with van der Waals surface area (Å²) in [6.07, 6.45) is 5.47. The van der Waals surface area contributed by atoms with Crippen molar-refractivity contribution in [3.05, 3.63) is 12.4 Å². The highest BCUT2D eigenvalue weighted by Gasteiger charge is 2.06. The summed E-state index contributed by atoms with van der Waals surface area (Å²) in [7, 11) is 2.09. The van der Waals surface area contributed by atoms with Crippen molar-refractivity contribution in [2.45, 2.75) is 13.3 Å². The van der Waals surface area contributed by atoms with Crippen molar-refractivity contribution >= 4 is 24.4 Å². The Hall–Kier alpha value is -0.0200. The van der Waals surface area contributed by atoms with E-state index in [9.17, 15) is 0 Å². The highest BCUT2D eigenvalue weighted by Crippen LogP contribution is 2.16. The molecule has 2 nitrogen and oxygen atoms in total. The third kappa shape index (κ3) is 3.77. The van der Waals surface area contributed by atoms with Gasteiger partial charge in [-0.25, -0.2) is 0 Å². The third-order valence-corrected chi connectivity index (χ3v) is 2.47. The molecule has 1 aliphatic rings. The van der Waals surface area contributed by atoms with Crippen molar-refractivity contribution in [2.75, 3.05) is 19.5 Å². The van der Waals surface area contributed by atoms with Gasteiger partial charge >= 0.3 is 0 Å². The molecule has 0 aliphatic carbocycles. The van der Waals surface area contributed by atoms with E-state index < -0.39 is 0 Å². The first-order valence-corrected chi connectivity index (χ1v) is 4.55. The van der Waals surface area contributed by atoms with Gasteiger partial charge in [-0.2, -0.15) is 0 Å². The standard InChI is InChI=1S/C7H14N2S.ClH/c1-3-6-10-9-5-4-8(2)7-9;/h4-5H,3,6-7H2,1-2H3;1H. The molecule has 0 fully saturated rings. The van der Waals surface area contributed by atoms with Crippen LogP contribution in [0.15, 0.2) is 12.4 Å². The molecule has 4 heteroatoms. The monoisotopic (exact) mass is 194 g/mol. The zero-order chi connectivity index (χ0) is 7.40. The molecular weight excluding hydrogens is 180 g/mol. The lowest BCUT2D eigenvalue weighted by Crippen LogP contribution is -2.16. The first-order chi connectivity index (χ1) is 4.83. The minimum Gasteiger partial charge on any atom is -0.361 e. The minimum atomic E-state index is 0. The Labute approximate surface area is 79.2 Å². The first kappa shape index (κ1) is 11.0. The average Bonchev–Trinajstić information content (AvgIpc) is 2.31. The summed E-state index contributed by atoms with van der Waals surface area (Å²) in [5.41, 5.74) is 0. The van der Waals surface area contributed by atoms with Gasteiger partial charge in [-0.1, -0.05) is 6.92 Å². The van der Waals surface area contributed by atoms with Gasteiger partial charge in [0.25, 0.3) is 0 Å². The Morgan fingerprint density at radius 1 is 1.45 bits per heavy atom. The molecule has 0 saturated carbocycles. The number of halogens is 1. The van der Waals surface area contributed by atoms with E-state index in [4.69, 9.17) is 0 Å². The van der Waals surface area contributed by atoms with Crippen LogP contribution in [0.2, 0.25) is 0 Å². The maximum atomic E-state index is 2.25. The Morgan fingerprint density at radius 2 is 2.18 bits per heavy atom. The zero-order valence-corrected chi connectivity index (χ0v) is 8.62. The van der Waals surface area contributed by atoms with Gasteiger partial charge in [-0.15, -0.1) is 12.4 Å². The van der Waals surface area contributed by atoms with E-state index in [2.05, 4.69) is 35.6 Å². The molecule has 0 saturated heterocycles. The topological polar surface area (TPSA) is 6.48 Å². The van der Waals surface area contributed by atoms with Crippen LogP contribution in [0.3, 0.4) is 0 Å². The van der Waals surface area contributed by atoms with E-state index in [0.29, 0.717) is 0 Å². The van der Waals surface area contributed by atoms with E-state index in [-0.39, 0.29) is 12.4 Å². The van der Waals surface area contributed by atoms with Crippen LogP contribution in [0, 0.1) is 0 Å². The van der Waals surface area contributed by atoms with Crippen molar-refractivity contribution in [3.63, 3.8) is 0 Å². The minimum absolute atomic E-state index is 0. The summed E-state index contributed by atoms with van der Waals surface area (Å²) < 4.78 is 2.25. The molecule has 1 rings (SSSR count). The Kier molecular flexibility index (Phi) is 5.60. The quantitative estimate of drug-likeness (QED) is 0.636. The van der Waals surface area contributed by atoms with Gasteiger partial charge in [-0.3, -0.25) is 0 Å². The molecular formula is C7H15ClN2S. The van der Waals surface area contributed by atoms with Gasteiger partial charge in [0.2, 0.25) is 0 Å². The molecule has 0 amide bonds. The van der Waals surface area contributed by atoms with E-state index in [1.807, 2.05) is 11.9 Å². The Balaban J connectivity index is 0.000001000. The maximum absolute atomic E-state index is 2.25. The van der Waals surface area contributed by atoms with Gasteiger partial charge in [0.1, 0.15) is 0 Å². The molecule has 0 atom stereocenters. The van der Waals surface area contributed by atoms with Crippen molar-refractivity contribution < 1.29 is 0 Å². The fourth-order valence-electron chi connectivity index (χ4n) is 0.795. The number of nitrogens with zero attached hydrogens (tertiary/aromatic N) is 2. The highest BCUT2D eigenvalue weighted by atomic mass is 35.5. The van der Waals surface area contributed by atoms with Crippen LogP contribution in [-0.4, -0.2) is 28.7 Å². The fraction of sp³-hybridized carbons (Fsp3) is 0.714. The molecule has 0 bridgehead atoms. The summed E-state index contributed by atoms with van der Waals surface area (Å²) in [5.74, 6) is 1.22. The normalized spacial score (nSPS) is 15.5. The predicted octanol–water partition coefficient (Wildman–Crippen LogP) is 2.14. The van der Waals surface area contributed by atoms with Gasteiger partial charge in [0.15, 0.2) is 0 Å². The molecule has 1 heterocycles. The van der Waals surface area contributed by atoms with Crippen molar-refractivity contribution in [3.8, 4) is 0 Å². The molecule has 0 N–H and O–H groups in total. The molecule has 0 unspecified atom stereocenters. The van der Waals surface area contributed by atoms with E-state index in [0.717, 1.165) is 6.67 Å². The number of hydrogen-bond acceptors (Lipinski definition) is 3. The largest absolute Gasteiger partial charge is 0.361 e. The number of rotatable bonds is 3. The third-order valence-electron chi connectivity index (χ3n) is 1.31. The zero-order valence-electron chi connectivity index (χ0n) is 6.99. The molecule has 0 spiro atoms. The second-order valence-corrected chi connectivity index (χ2v) is 3.58. The van der Waals surface area contributed by atoms with E-state index in [1.165, 1.54) is 12.2 Å². The van der Waals surface area contributed by atoms with Gasteiger partial charge in [-0.05, 0) is 18.4 Å². The smallest absolute Gasteiger partial charge is 0.0996 e. The van der Waals surface area contributed by atoms with Gasteiger partial charge in [0.05, 0.1) is 6.67 Å². The average molecular weight is 195 g/mol. The predicted molar refractivity (Wildman–Crippen MR) is 53.6 cm³/mol. The van der Waals surface area contributed by atoms with Crippen LogP contribution in [0.5, 0.6) is 0 Å². The van der Waals surface area contributed by atoms with Crippen LogP contribution < -0.4 is 0 Å². The fourth-order valence-corrected chi connectivity index (χ4v) is 1.62. The van der Waals surface area contributed by atoms with E-state index in [1.54, 1.807) is 0 Å².